The zero-order chi connectivity index (χ0) is 20.5. The summed E-state index contributed by atoms with van der Waals surface area (Å²) in [6.07, 6.45) is 2.78. The molecule has 1 heterocycles. The Morgan fingerprint density at radius 3 is 2.55 bits per heavy atom. The van der Waals surface area contributed by atoms with Crippen LogP contribution in [-0.4, -0.2) is 14.2 Å². The van der Waals surface area contributed by atoms with Gasteiger partial charge in [0.2, 0.25) is 0 Å². The van der Waals surface area contributed by atoms with Crippen LogP contribution >= 0.6 is 0 Å². The molecular weight excluding hydrogens is 399 g/mol. The summed E-state index contributed by atoms with van der Waals surface area (Å²) < 4.78 is 51.9. The van der Waals surface area contributed by atoms with E-state index in [1.165, 1.54) is 12.2 Å². The fraction of sp³-hybridized carbons (Fsp3) is 0. The van der Waals surface area contributed by atoms with E-state index in [1.54, 1.807) is 18.2 Å². The number of hydrogen-bond donors (Lipinski definition) is 2. The third-order valence-corrected chi connectivity index (χ3v) is 5.19. The number of H-pyrrole nitrogens is 1. The van der Waals surface area contributed by atoms with Gasteiger partial charge in [0.1, 0.15) is 16.8 Å². The van der Waals surface area contributed by atoms with E-state index >= 15 is 0 Å². The van der Waals surface area contributed by atoms with E-state index in [-0.39, 0.29) is 5.56 Å². The van der Waals surface area contributed by atoms with Crippen molar-refractivity contribution in [1.29, 1.82) is 0 Å². The molecule has 0 saturated carbocycles. The molecule has 3 N–H and O–H groups in total. The number of hydrogen-bond acceptors (Lipinski definition) is 2. The molecule has 0 aliphatic rings. The van der Waals surface area contributed by atoms with Gasteiger partial charge in [-0.15, -0.1) is 0 Å². The molecule has 146 valence electrons. The smallest absolute Gasteiger partial charge is 0.195 e. The minimum Gasteiger partial charge on any atom is -0.338 e. The molecule has 8 heteroatoms. The van der Waals surface area contributed by atoms with Crippen LogP contribution in [0.15, 0.2) is 59.5 Å². The highest BCUT2D eigenvalue weighted by molar-refractivity contribution is 7.82. The monoisotopic (exact) mass is 413 g/mol. The second kappa shape index (κ2) is 7.65. The third kappa shape index (κ3) is 3.72. The number of nitrogens with zero attached hydrogens (tertiary/aromatic N) is 1. The van der Waals surface area contributed by atoms with Gasteiger partial charge < -0.3 is 4.98 Å². The molecular formula is C21H14F3N3OS. The molecule has 0 saturated heterocycles. The van der Waals surface area contributed by atoms with Crippen molar-refractivity contribution in [2.24, 2.45) is 5.14 Å². The molecule has 0 spiro atoms. The Morgan fingerprint density at radius 2 is 1.76 bits per heavy atom. The first kappa shape index (κ1) is 19.1. The van der Waals surface area contributed by atoms with E-state index in [0.29, 0.717) is 21.8 Å². The van der Waals surface area contributed by atoms with Crippen molar-refractivity contribution in [1.82, 2.24) is 9.97 Å². The maximum Gasteiger partial charge on any atom is 0.195 e. The molecule has 29 heavy (non-hydrogen) atoms. The molecule has 0 aliphatic carbocycles. The van der Waals surface area contributed by atoms with Gasteiger partial charge in [-0.3, -0.25) is 0 Å². The summed E-state index contributed by atoms with van der Waals surface area (Å²) in [6.45, 7) is 0. The molecule has 0 aliphatic heterocycles. The standard InChI is InChI=1S/C21H14F3N3OS/c22-15-8-5-12(20(23)21(15)24)7-10-19-26-16-9-6-13(11-17(16)27-19)14-3-1-2-4-18(14)29(25)28/h1-11H,25H2,(H,26,27)/b10-7+. The van der Waals surface area contributed by atoms with E-state index in [1.807, 2.05) is 24.3 Å². The summed E-state index contributed by atoms with van der Waals surface area (Å²) in [6, 6.07) is 14.6. The van der Waals surface area contributed by atoms with Crippen LogP contribution in [0.1, 0.15) is 11.4 Å². The third-order valence-electron chi connectivity index (χ3n) is 4.40. The van der Waals surface area contributed by atoms with Crippen molar-refractivity contribution < 1.29 is 17.4 Å². The second-order valence-electron chi connectivity index (χ2n) is 6.25. The lowest BCUT2D eigenvalue weighted by atomic mass is 10.1. The van der Waals surface area contributed by atoms with Gasteiger partial charge in [0.05, 0.1) is 15.9 Å². The zero-order valence-corrected chi connectivity index (χ0v) is 15.6. The number of halogens is 3. The summed E-state index contributed by atoms with van der Waals surface area (Å²) in [5, 5.41) is 5.56. The zero-order valence-electron chi connectivity index (χ0n) is 14.8. The van der Waals surface area contributed by atoms with E-state index < -0.39 is 28.4 Å². The normalized spacial score (nSPS) is 12.7. The number of benzene rings is 3. The highest BCUT2D eigenvalue weighted by Gasteiger charge is 2.12. The van der Waals surface area contributed by atoms with E-state index in [9.17, 15) is 17.4 Å². The predicted octanol–water partition coefficient (Wildman–Crippen LogP) is 4.80. The highest BCUT2D eigenvalue weighted by Crippen LogP contribution is 2.28. The highest BCUT2D eigenvalue weighted by atomic mass is 32.2. The van der Waals surface area contributed by atoms with E-state index in [2.05, 4.69) is 9.97 Å². The summed E-state index contributed by atoms with van der Waals surface area (Å²) in [4.78, 5) is 7.96. The average Bonchev–Trinajstić information content (AvgIpc) is 3.13. The maximum absolute atomic E-state index is 13.8. The molecule has 1 atom stereocenters. The Kier molecular flexibility index (Phi) is 5.04. The summed E-state index contributed by atoms with van der Waals surface area (Å²) >= 11 is 0. The van der Waals surface area contributed by atoms with Crippen LogP contribution in [0.3, 0.4) is 0 Å². The van der Waals surface area contributed by atoms with E-state index in [4.69, 9.17) is 5.14 Å². The molecule has 4 aromatic rings. The van der Waals surface area contributed by atoms with Crippen LogP contribution in [-0.2, 0) is 11.0 Å². The number of nitrogens with one attached hydrogen (secondary N) is 1. The van der Waals surface area contributed by atoms with Gasteiger partial charge in [0.25, 0.3) is 0 Å². The van der Waals surface area contributed by atoms with Gasteiger partial charge in [0, 0.05) is 5.56 Å². The first-order chi connectivity index (χ1) is 13.9. The van der Waals surface area contributed by atoms with Crippen LogP contribution in [0.25, 0.3) is 34.3 Å². The SMILES string of the molecule is NS(=O)c1ccccc1-c1ccc2nc(/C=C/c3ccc(F)c(F)c3F)[nH]c2c1. The number of nitrogens with two attached hydrogens (primary N) is 1. The Labute approximate surface area is 166 Å². The first-order valence-electron chi connectivity index (χ1n) is 8.51. The molecule has 0 radical (unpaired) electrons. The Balaban J connectivity index is 1.70. The summed E-state index contributed by atoms with van der Waals surface area (Å²) in [5.41, 5.74) is 2.81. The summed E-state index contributed by atoms with van der Waals surface area (Å²) in [5.74, 6) is -3.60. The van der Waals surface area contributed by atoms with Gasteiger partial charge >= 0.3 is 0 Å². The molecule has 3 aromatic carbocycles. The minimum absolute atomic E-state index is 0.0932. The van der Waals surface area contributed by atoms with Crippen molar-refractivity contribution in [2.45, 2.75) is 4.90 Å². The fourth-order valence-corrected chi connectivity index (χ4v) is 3.61. The lowest BCUT2D eigenvalue weighted by Crippen LogP contribution is -2.04. The Bertz CT molecular complexity index is 1280. The Hall–Kier alpha value is -3.23. The molecule has 0 fully saturated rings. The van der Waals surface area contributed by atoms with Crippen LogP contribution in [0.4, 0.5) is 13.2 Å². The van der Waals surface area contributed by atoms with Crippen LogP contribution < -0.4 is 5.14 Å². The lowest BCUT2D eigenvalue weighted by Gasteiger charge is -2.06. The number of imidazole rings is 1. The maximum atomic E-state index is 13.8. The molecule has 0 bridgehead atoms. The molecule has 1 unspecified atom stereocenters. The van der Waals surface area contributed by atoms with E-state index in [0.717, 1.165) is 23.3 Å². The first-order valence-corrected chi connectivity index (χ1v) is 9.72. The van der Waals surface area contributed by atoms with Gasteiger partial charge in [-0.25, -0.2) is 27.5 Å². The van der Waals surface area contributed by atoms with Crippen molar-refractivity contribution >= 4 is 34.2 Å². The average molecular weight is 413 g/mol. The number of aromatic nitrogens is 2. The van der Waals surface area contributed by atoms with Crippen molar-refractivity contribution in [3.05, 3.63) is 83.4 Å². The quantitative estimate of drug-likeness (QED) is 0.472. The van der Waals surface area contributed by atoms with Gasteiger partial charge in [-0.05, 0) is 53.6 Å². The number of fused-ring (bicyclic) bond motifs is 1. The molecule has 1 aromatic heterocycles. The molecule has 4 rings (SSSR count). The van der Waals surface area contributed by atoms with Gasteiger partial charge in [-0.1, -0.05) is 24.3 Å². The molecule has 4 nitrogen and oxygen atoms in total. The lowest BCUT2D eigenvalue weighted by molar-refractivity contribution is 0.446. The number of rotatable bonds is 4. The van der Waals surface area contributed by atoms with Crippen molar-refractivity contribution in [3.8, 4) is 11.1 Å². The van der Waals surface area contributed by atoms with Crippen molar-refractivity contribution in [3.63, 3.8) is 0 Å². The minimum atomic E-state index is -1.63. The van der Waals surface area contributed by atoms with Crippen LogP contribution in [0, 0.1) is 17.5 Å². The van der Waals surface area contributed by atoms with Crippen molar-refractivity contribution in [2.75, 3.05) is 0 Å². The topological polar surface area (TPSA) is 71.8 Å². The summed E-state index contributed by atoms with van der Waals surface area (Å²) in [7, 11) is -1.63. The second-order valence-corrected chi connectivity index (χ2v) is 7.28. The predicted molar refractivity (Wildman–Crippen MR) is 107 cm³/mol. The van der Waals surface area contributed by atoms with Gasteiger partial charge in [0.15, 0.2) is 17.5 Å². The number of aromatic amines is 1. The largest absolute Gasteiger partial charge is 0.338 e. The molecule has 0 amide bonds. The fourth-order valence-electron chi connectivity index (χ4n) is 2.99. The van der Waals surface area contributed by atoms with Gasteiger partial charge in [-0.2, -0.15) is 0 Å². The Morgan fingerprint density at radius 1 is 0.966 bits per heavy atom. The van der Waals surface area contributed by atoms with Crippen LogP contribution in [0.5, 0.6) is 0 Å². The van der Waals surface area contributed by atoms with Crippen LogP contribution in [0.2, 0.25) is 0 Å².